The maximum Gasteiger partial charge on any atom is 0.174 e. The minimum Gasteiger partial charge on any atom is -0.374 e. The summed E-state index contributed by atoms with van der Waals surface area (Å²) in [6, 6.07) is 2.17. The van der Waals surface area contributed by atoms with Gasteiger partial charge in [-0.3, -0.25) is 0 Å². The van der Waals surface area contributed by atoms with E-state index in [0.29, 0.717) is 24.9 Å². The molecule has 1 heterocycles. The molecule has 5 aliphatic rings. The maximum absolute atomic E-state index is 8.68. The average Bonchev–Trinajstić information content (AvgIpc) is 2.86. The molecule has 2 unspecified atom stereocenters. The minimum atomic E-state index is -0.279. The largest absolute Gasteiger partial charge is 0.374 e. The molecule has 104 valence electrons. The lowest BCUT2D eigenvalue weighted by Gasteiger charge is -2.62. The second-order valence-electron chi connectivity index (χ2n) is 6.70. The standard InChI is InChI=1S/C15H21NO3/c16-2-1-3-17-14-8-11-6-12(9-14)15(13(7-11)10-14)18-4-5-19-15/h11-13H,1,3-10H2/t11?,12-,13+,14?. The van der Waals surface area contributed by atoms with E-state index < -0.39 is 0 Å². The van der Waals surface area contributed by atoms with Crippen LogP contribution in [0.1, 0.15) is 38.5 Å². The summed E-state index contributed by atoms with van der Waals surface area (Å²) in [6.45, 7) is 2.08. The second kappa shape index (κ2) is 4.18. The molecule has 0 aromatic rings. The average molecular weight is 263 g/mol. The van der Waals surface area contributed by atoms with Gasteiger partial charge in [-0.25, -0.2) is 0 Å². The molecule has 1 spiro atoms. The molecule has 1 saturated heterocycles. The van der Waals surface area contributed by atoms with Gasteiger partial charge in [-0.05, 0) is 38.0 Å². The normalized spacial score (nSPS) is 45.7. The number of nitriles is 1. The molecule has 4 nitrogen and oxygen atoms in total. The summed E-state index contributed by atoms with van der Waals surface area (Å²) in [5.41, 5.74) is 0.0217. The van der Waals surface area contributed by atoms with E-state index >= 15 is 0 Å². The van der Waals surface area contributed by atoms with Crippen LogP contribution in [0.4, 0.5) is 0 Å². The zero-order valence-electron chi connectivity index (χ0n) is 11.3. The Kier molecular flexibility index (Phi) is 2.67. The molecule has 1 aliphatic heterocycles. The number of rotatable bonds is 3. The van der Waals surface area contributed by atoms with Gasteiger partial charge in [0.05, 0.1) is 37.9 Å². The first-order valence-corrected chi connectivity index (χ1v) is 7.55. The predicted octanol–water partition coefficient (Wildman–Crippen LogP) is 2.24. The van der Waals surface area contributed by atoms with Crippen LogP contribution < -0.4 is 0 Å². The van der Waals surface area contributed by atoms with E-state index in [1.807, 2.05) is 0 Å². The molecule has 4 bridgehead atoms. The Labute approximate surface area is 114 Å². The minimum absolute atomic E-state index is 0.0217. The fourth-order valence-electron chi connectivity index (χ4n) is 5.26. The molecule has 0 N–H and O–H groups in total. The molecule has 19 heavy (non-hydrogen) atoms. The molecule has 4 aliphatic carbocycles. The lowest BCUT2D eigenvalue weighted by molar-refractivity contribution is -0.319. The molecular weight excluding hydrogens is 242 g/mol. The summed E-state index contributed by atoms with van der Waals surface area (Å²) < 4.78 is 18.3. The molecule has 0 amide bonds. The van der Waals surface area contributed by atoms with Crippen LogP contribution >= 0.6 is 0 Å². The predicted molar refractivity (Wildman–Crippen MR) is 67.1 cm³/mol. The summed E-state index contributed by atoms with van der Waals surface area (Å²) in [7, 11) is 0. The van der Waals surface area contributed by atoms with E-state index in [2.05, 4.69) is 6.07 Å². The van der Waals surface area contributed by atoms with Gasteiger partial charge in [-0.2, -0.15) is 5.26 Å². The third kappa shape index (κ3) is 1.68. The van der Waals surface area contributed by atoms with Crippen molar-refractivity contribution < 1.29 is 14.2 Å². The molecule has 4 saturated carbocycles. The van der Waals surface area contributed by atoms with E-state index in [4.69, 9.17) is 19.5 Å². The first-order valence-electron chi connectivity index (χ1n) is 7.55. The van der Waals surface area contributed by atoms with Crippen LogP contribution in [0.5, 0.6) is 0 Å². The Morgan fingerprint density at radius 1 is 1.11 bits per heavy atom. The highest BCUT2D eigenvalue weighted by atomic mass is 16.7. The smallest absolute Gasteiger partial charge is 0.174 e. The molecule has 4 atom stereocenters. The summed E-state index contributed by atoms with van der Waals surface area (Å²) >= 11 is 0. The van der Waals surface area contributed by atoms with Gasteiger partial charge in [0.1, 0.15) is 0 Å². The van der Waals surface area contributed by atoms with Crippen LogP contribution in [0, 0.1) is 29.1 Å². The van der Waals surface area contributed by atoms with Gasteiger partial charge in [0.25, 0.3) is 0 Å². The van der Waals surface area contributed by atoms with E-state index in [1.54, 1.807) is 0 Å². The lowest BCUT2D eigenvalue weighted by atomic mass is 9.51. The van der Waals surface area contributed by atoms with E-state index in [9.17, 15) is 0 Å². The van der Waals surface area contributed by atoms with Crippen molar-refractivity contribution in [3.05, 3.63) is 0 Å². The van der Waals surface area contributed by atoms with Crippen LogP contribution in [-0.2, 0) is 14.2 Å². The molecule has 0 aromatic heterocycles. The fraction of sp³-hybridized carbons (Fsp3) is 0.933. The highest BCUT2D eigenvalue weighted by Gasteiger charge is 2.65. The van der Waals surface area contributed by atoms with Crippen molar-refractivity contribution in [1.82, 2.24) is 0 Å². The Morgan fingerprint density at radius 2 is 1.79 bits per heavy atom. The monoisotopic (exact) mass is 263 g/mol. The van der Waals surface area contributed by atoms with Crippen molar-refractivity contribution in [2.45, 2.75) is 49.9 Å². The van der Waals surface area contributed by atoms with Gasteiger partial charge in [-0.1, -0.05) is 0 Å². The van der Waals surface area contributed by atoms with Crippen molar-refractivity contribution in [1.29, 1.82) is 5.26 Å². The quantitative estimate of drug-likeness (QED) is 0.733. The Bertz CT molecular complexity index is 392. The third-order valence-electron chi connectivity index (χ3n) is 5.63. The molecule has 4 heteroatoms. The number of ether oxygens (including phenoxy) is 3. The number of nitrogens with zero attached hydrogens (tertiary/aromatic N) is 1. The Balaban J connectivity index is 1.56. The summed E-state index contributed by atoms with van der Waals surface area (Å²) in [5, 5.41) is 8.68. The highest BCUT2D eigenvalue weighted by molar-refractivity contribution is 5.11. The summed E-state index contributed by atoms with van der Waals surface area (Å²) in [5.74, 6) is 1.50. The lowest BCUT2D eigenvalue weighted by Crippen LogP contribution is -2.64. The van der Waals surface area contributed by atoms with Gasteiger partial charge >= 0.3 is 0 Å². The van der Waals surface area contributed by atoms with Crippen molar-refractivity contribution in [3.63, 3.8) is 0 Å². The van der Waals surface area contributed by atoms with Gasteiger partial charge in [0, 0.05) is 11.8 Å². The summed E-state index contributed by atoms with van der Waals surface area (Å²) in [4.78, 5) is 0. The van der Waals surface area contributed by atoms with Crippen molar-refractivity contribution in [3.8, 4) is 6.07 Å². The van der Waals surface area contributed by atoms with E-state index in [1.165, 1.54) is 19.3 Å². The zero-order chi connectivity index (χ0) is 12.9. The topological polar surface area (TPSA) is 51.5 Å². The van der Waals surface area contributed by atoms with Crippen LogP contribution in [0.3, 0.4) is 0 Å². The Morgan fingerprint density at radius 3 is 2.42 bits per heavy atom. The second-order valence-corrected chi connectivity index (χ2v) is 6.70. The maximum atomic E-state index is 8.68. The first kappa shape index (κ1) is 12.1. The molecule has 5 rings (SSSR count). The van der Waals surface area contributed by atoms with Crippen LogP contribution in [0.25, 0.3) is 0 Å². The van der Waals surface area contributed by atoms with E-state index in [-0.39, 0.29) is 11.4 Å². The third-order valence-corrected chi connectivity index (χ3v) is 5.63. The van der Waals surface area contributed by atoms with Crippen molar-refractivity contribution in [2.24, 2.45) is 17.8 Å². The molecule has 5 fully saturated rings. The van der Waals surface area contributed by atoms with Gasteiger partial charge < -0.3 is 14.2 Å². The van der Waals surface area contributed by atoms with Crippen LogP contribution in [0.2, 0.25) is 0 Å². The first-order chi connectivity index (χ1) is 9.26. The van der Waals surface area contributed by atoms with E-state index in [0.717, 1.165) is 32.0 Å². The van der Waals surface area contributed by atoms with Crippen LogP contribution in [0.15, 0.2) is 0 Å². The number of hydrogen-bond donors (Lipinski definition) is 0. The fourth-order valence-corrected chi connectivity index (χ4v) is 5.26. The van der Waals surface area contributed by atoms with Crippen molar-refractivity contribution in [2.75, 3.05) is 19.8 Å². The molecular formula is C15H21NO3. The molecule has 0 radical (unpaired) electrons. The number of hydrogen-bond acceptors (Lipinski definition) is 4. The van der Waals surface area contributed by atoms with Crippen LogP contribution in [-0.4, -0.2) is 31.2 Å². The molecule has 0 aromatic carbocycles. The van der Waals surface area contributed by atoms with Gasteiger partial charge in [-0.15, -0.1) is 0 Å². The zero-order valence-corrected chi connectivity index (χ0v) is 11.3. The van der Waals surface area contributed by atoms with Crippen molar-refractivity contribution >= 4 is 0 Å². The van der Waals surface area contributed by atoms with Gasteiger partial charge in [0.15, 0.2) is 5.79 Å². The highest BCUT2D eigenvalue weighted by Crippen LogP contribution is 2.63. The SMILES string of the molecule is N#CCCOC12CC3C[C@H](C1)C1(OCCO1)[C@@H](C3)C2. The van der Waals surface area contributed by atoms with Gasteiger partial charge in [0.2, 0.25) is 0 Å². The summed E-state index contributed by atoms with van der Waals surface area (Å²) in [6.07, 6.45) is 6.28. The Hall–Kier alpha value is -0.630.